The molecule has 1 rings (SSSR count). The summed E-state index contributed by atoms with van der Waals surface area (Å²) in [5.74, 6) is 0.606. The van der Waals surface area contributed by atoms with Gasteiger partial charge in [-0.15, -0.1) is 12.1 Å². The van der Waals surface area contributed by atoms with Crippen molar-refractivity contribution in [2.75, 3.05) is 33.7 Å². The minimum atomic E-state index is 0. The van der Waals surface area contributed by atoms with Crippen LogP contribution in [0.15, 0.2) is 23.8 Å². The quantitative estimate of drug-likeness (QED) is 0.497. The normalized spacial score (nSPS) is 13.3. The average molecular weight is 401 g/mol. The summed E-state index contributed by atoms with van der Waals surface area (Å²) in [4.78, 5) is 0. The summed E-state index contributed by atoms with van der Waals surface area (Å²) in [5, 5.41) is 12.1. The van der Waals surface area contributed by atoms with E-state index in [1.807, 2.05) is 13.8 Å². The summed E-state index contributed by atoms with van der Waals surface area (Å²) in [5.41, 5.74) is 1.63. The van der Waals surface area contributed by atoms with Crippen molar-refractivity contribution in [3.8, 4) is 0 Å². The molecule has 0 radical (unpaired) electrons. The molecule has 0 bridgehead atoms. The fourth-order valence-corrected chi connectivity index (χ4v) is 1.36. The first-order chi connectivity index (χ1) is 9.82. The third-order valence-corrected chi connectivity index (χ3v) is 2.90. The number of allylic oxidation sites excluding steroid dienone is 3. The van der Waals surface area contributed by atoms with E-state index in [0.717, 1.165) is 26.1 Å². The molecule has 0 heterocycles. The summed E-state index contributed by atoms with van der Waals surface area (Å²) in [6, 6.07) is 0. The largest absolute Gasteiger partial charge is 4.00 e. The molecule has 1 aliphatic rings. The Balaban J connectivity index is -0.000000153. The van der Waals surface area contributed by atoms with Crippen molar-refractivity contribution in [1.82, 2.24) is 0 Å². The van der Waals surface area contributed by atoms with Crippen molar-refractivity contribution in [2.24, 2.45) is 5.92 Å². The molecule has 1 aliphatic carbocycles. The molecule has 4 heteroatoms. The van der Waals surface area contributed by atoms with Gasteiger partial charge in [0.1, 0.15) is 0 Å². The SMILES string of the molecule is CC(C[N-]C(C)(C)C)C1=CC=CC1.CC[N-]C.CC[N-]C.[CH3-].[Zr+4]. The number of nitrogens with zero attached hydrogens (tertiary/aromatic N) is 3. The van der Waals surface area contributed by atoms with Gasteiger partial charge in [-0.2, -0.15) is 27.2 Å². The molecule has 23 heavy (non-hydrogen) atoms. The molecule has 0 amide bonds. The van der Waals surface area contributed by atoms with Crippen LogP contribution in [0.5, 0.6) is 0 Å². The van der Waals surface area contributed by atoms with Crippen LogP contribution >= 0.6 is 0 Å². The van der Waals surface area contributed by atoms with Crippen molar-refractivity contribution in [1.29, 1.82) is 0 Å². The molecule has 0 saturated heterocycles. The fourth-order valence-electron chi connectivity index (χ4n) is 1.36. The molecule has 0 aromatic heterocycles. The van der Waals surface area contributed by atoms with Crippen molar-refractivity contribution in [3.63, 3.8) is 0 Å². The maximum Gasteiger partial charge on any atom is 4.00 e. The second-order valence-corrected chi connectivity index (χ2v) is 6.05. The van der Waals surface area contributed by atoms with Crippen LogP contribution in [-0.4, -0.2) is 39.3 Å². The number of rotatable bonds is 5. The zero-order valence-corrected chi connectivity index (χ0v) is 19.4. The van der Waals surface area contributed by atoms with E-state index in [0.29, 0.717) is 5.92 Å². The van der Waals surface area contributed by atoms with E-state index in [1.54, 1.807) is 14.1 Å². The molecular formula is C19H39N3Zr. The van der Waals surface area contributed by atoms with E-state index in [4.69, 9.17) is 0 Å². The van der Waals surface area contributed by atoms with E-state index >= 15 is 0 Å². The van der Waals surface area contributed by atoms with E-state index in [9.17, 15) is 0 Å². The van der Waals surface area contributed by atoms with Crippen LogP contribution < -0.4 is 0 Å². The van der Waals surface area contributed by atoms with Crippen LogP contribution in [0, 0.1) is 13.3 Å². The van der Waals surface area contributed by atoms with E-state index < -0.39 is 0 Å². The number of hydrogen-bond donors (Lipinski definition) is 0. The van der Waals surface area contributed by atoms with E-state index in [1.165, 1.54) is 5.57 Å². The van der Waals surface area contributed by atoms with Crippen LogP contribution in [0.2, 0.25) is 0 Å². The maximum absolute atomic E-state index is 4.63. The smallest absolute Gasteiger partial charge is 0.665 e. The summed E-state index contributed by atoms with van der Waals surface area (Å²) in [6.45, 7) is 15.6. The van der Waals surface area contributed by atoms with Gasteiger partial charge in [-0.25, -0.2) is 0 Å². The van der Waals surface area contributed by atoms with Crippen molar-refractivity contribution in [3.05, 3.63) is 47.2 Å². The predicted molar refractivity (Wildman–Crippen MR) is 105 cm³/mol. The molecule has 0 saturated carbocycles. The van der Waals surface area contributed by atoms with Gasteiger partial charge in [0, 0.05) is 0 Å². The van der Waals surface area contributed by atoms with Crippen LogP contribution in [-0.2, 0) is 26.2 Å². The second kappa shape index (κ2) is 20.3. The minimum absolute atomic E-state index is 0. The Morgan fingerprint density at radius 2 is 1.52 bits per heavy atom. The fraction of sp³-hybridized carbons (Fsp3) is 0.737. The van der Waals surface area contributed by atoms with Gasteiger partial charge in [0.15, 0.2) is 0 Å². The van der Waals surface area contributed by atoms with Gasteiger partial charge in [0.2, 0.25) is 0 Å². The van der Waals surface area contributed by atoms with E-state index in [-0.39, 0.29) is 39.2 Å². The first-order valence-corrected chi connectivity index (χ1v) is 7.97. The van der Waals surface area contributed by atoms with Crippen LogP contribution in [0.1, 0.15) is 48.0 Å². The van der Waals surface area contributed by atoms with E-state index in [2.05, 4.69) is 61.9 Å². The summed E-state index contributed by atoms with van der Waals surface area (Å²) >= 11 is 0. The zero-order chi connectivity index (χ0) is 16.7. The molecule has 0 N–H and O–H groups in total. The molecule has 0 fully saturated rings. The van der Waals surface area contributed by atoms with Gasteiger partial charge in [0.25, 0.3) is 0 Å². The van der Waals surface area contributed by atoms with Gasteiger partial charge in [-0.05, 0) is 12.3 Å². The molecule has 3 nitrogen and oxygen atoms in total. The second-order valence-electron chi connectivity index (χ2n) is 6.05. The van der Waals surface area contributed by atoms with Crippen LogP contribution in [0.4, 0.5) is 0 Å². The van der Waals surface area contributed by atoms with Crippen molar-refractivity contribution < 1.29 is 26.2 Å². The molecule has 0 aliphatic heterocycles. The Kier molecular flexibility index (Phi) is 27.4. The van der Waals surface area contributed by atoms with Crippen LogP contribution in [0.25, 0.3) is 16.0 Å². The third kappa shape index (κ3) is 24.6. The molecule has 0 spiro atoms. The van der Waals surface area contributed by atoms with Gasteiger partial charge < -0.3 is 23.4 Å². The van der Waals surface area contributed by atoms with Crippen molar-refractivity contribution in [2.45, 2.75) is 53.5 Å². The maximum atomic E-state index is 4.63. The summed E-state index contributed by atoms with van der Waals surface area (Å²) in [7, 11) is 3.61. The topological polar surface area (TPSA) is 42.3 Å². The first-order valence-electron chi connectivity index (χ1n) is 7.97. The van der Waals surface area contributed by atoms with Crippen LogP contribution in [0.3, 0.4) is 0 Å². The Labute approximate surface area is 166 Å². The summed E-state index contributed by atoms with van der Waals surface area (Å²) < 4.78 is 0. The monoisotopic (exact) mass is 399 g/mol. The molecule has 1 atom stereocenters. The van der Waals surface area contributed by atoms with Gasteiger partial charge >= 0.3 is 26.2 Å². The Bertz CT molecular complexity index is 273. The Morgan fingerprint density at radius 3 is 1.78 bits per heavy atom. The van der Waals surface area contributed by atoms with Gasteiger partial charge in [-0.3, -0.25) is 0 Å². The molecule has 1 unspecified atom stereocenters. The Hall–Kier alpha value is 0.243. The minimum Gasteiger partial charge on any atom is -0.665 e. The van der Waals surface area contributed by atoms with Crippen molar-refractivity contribution >= 4 is 0 Å². The first kappa shape index (κ1) is 31.1. The van der Waals surface area contributed by atoms with Gasteiger partial charge in [-0.1, -0.05) is 65.3 Å². The molecular weight excluding hydrogens is 361 g/mol. The zero-order valence-electron chi connectivity index (χ0n) is 17.0. The average Bonchev–Trinajstić information content (AvgIpc) is 2.98. The Morgan fingerprint density at radius 1 is 1.09 bits per heavy atom. The predicted octanol–water partition coefficient (Wildman–Crippen LogP) is 6.15. The third-order valence-electron chi connectivity index (χ3n) is 2.90. The molecule has 0 aromatic carbocycles. The molecule has 0 aromatic rings. The number of hydrogen-bond acceptors (Lipinski definition) is 0. The summed E-state index contributed by atoms with van der Waals surface area (Å²) in [6.07, 6.45) is 7.70. The molecule has 134 valence electrons. The van der Waals surface area contributed by atoms with Gasteiger partial charge in [0.05, 0.1) is 0 Å². The standard InChI is InChI=1S/C12H20N.2C3H8N.CH3.Zr/c1-10(9-13-12(2,3)4)11-7-5-6-8-11;2*1-3-4-2;;/h5-7,10H,8-9H2,1-4H3;2*3H2,1-2H3;1H3;/q4*-1;+4.